The number of carbonyl (C=O) groups is 1. The molecule has 20 heavy (non-hydrogen) atoms. The minimum atomic E-state index is -4.73. The zero-order chi connectivity index (χ0) is 14.8. The van der Waals surface area contributed by atoms with E-state index in [1.807, 2.05) is 0 Å². The smallest absolute Gasteiger partial charge is 0.406 e. The molecule has 2 rings (SSSR count). The fraction of sp³-hybridized carbons (Fsp3) is 0.462. The lowest BCUT2D eigenvalue weighted by Crippen LogP contribution is -2.33. The second-order valence-corrected chi connectivity index (χ2v) is 4.96. The van der Waals surface area contributed by atoms with Crippen molar-refractivity contribution < 1.29 is 22.7 Å². The van der Waals surface area contributed by atoms with Gasteiger partial charge in [-0.1, -0.05) is 0 Å². The highest BCUT2D eigenvalue weighted by Crippen LogP contribution is 2.43. The molecule has 0 bridgehead atoms. The fourth-order valence-corrected chi connectivity index (χ4v) is 1.81. The van der Waals surface area contributed by atoms with Crippen LogP contribution in [0.3, 0.4) is 0 Å². The highest BCUT2D eigenvalue weighted by atomic mass is 19.4. The number of rotatable bonds is 5. The van der Waals surface area contributed by atoms with Crippen LogP contribution in [0.15, 0.2) is 24.3 Å². The molecule has 0 radical (unpaired) electrons. The van der Waals surface area contributed by atoms with E-state index in [0.717, 1.165) is 25.0 Å². The second kappa shape index (κ2) is 5.32. The van der Waals surface area contributed by atoms with Crippen LogP contribution in [-0.2, 0) is 0 Å². The van der Waals surface area contributed by atoms with Gasteiger partial charge in [0.25, 0.3) is 5.91 Å². The topological polar surface area (TPSA) is 64.3 Å². The molecule has 0 heterocycles. The number of hydrogen-bond donors (Lipinski definition) is 2. The predicted molar refractivity (Wildman–Crippen MR) is 66.2 cm³/mol. The first kappa shape index (κ1) is 14.6. The number of alkyl halides is 3. The summed E-state index contributed by atoms with van der Waals surface area (Å²) in [5.74, 6) is -0.682. The molecule has 0 aliphatic heterocycles. The normalized spacial score (nSPS) is 16.6. The van der Waals surface area contributed by atoms with Gasteiger partial charge in [-0.15, -0.1) is 13.2 Å². The molecule has 1 fully saturated rings. The summed E-state index contributed by atoms with van der Waals surface area (Å²) in [6.07, 6.45) is -2.76. The lowest BCUT2D eigenvalue weighted by molar-refractivity contribution is -0.274. The van der Waals surface area contributed by atoms with Crippen molar-refractivity contribution in [3.8, 4) is 5.75 Å². The summed E-state index contributed by atoms with van der Waals surface area (Å²) >= 11 is 0. The van der Waals surface area contributed by atoms with Crippen LogP contribution in [0.4, 0.5) is 13.2 Å². The number of benzene rings is 1. The maximum atomic E-state index is 12.0. The van der Waals surface area contributed by atoms with Gasteiger partial charge in [-0.3, -0.25) is 4.79 Å². The highest BCUT2D eigenvalue weighted by Gasteiger charge is 2.41. The summed E-state index contributed by atoms with van der Waals surface area (Å²) in [5, 5.41) is 2.74. The summed E-state index contributed by atoms with van der Waals surface area (Å²) in [4.78, 5) is 11.8. The first-order valence-corrected chi connectivity index (χ1v) is 6.18. The van der Waals surface area contributed by atoms with Gasteiger partial charge in [0.1, 0.15) is 5.75 Å². The zero-order valence-electron chi connectivity index (χ0n) is 10.7. The van der Waals surface area contributed by atoms with Gasteiger partial charge in [-0.25, -0.2) is 0 Å². The van der Waals surface area contributed by atoms with Crippen LogP contribution in [0, 0.1) is 5.41 Å². The molecule has 1 aliphatic rings. The van der Waals surface area contributed by atoms with E-state index in [1.165, 1.54) is 12.1 Å². The SMILES string of the molecule is NCC1(CNC(=O)c2ccc(OC(F)(F)F)cc2)CC1. The van der Waals surface area contributed by atoms with Gasteiger partial charge in [0.2, 0.25) is 0 Å². The van der Waals surface area contributed by atoms with Gasteiger partial charge in [0.05, 0.1) is 0 Å². The number of halogens is 3. The van der Waals surface area contributed by atoms with Gasteiger partial charge in [0.15, 0.2) is 0 Å². The molecule has 0 atom stereocenters. The largest absolute Gasteiger partial charge is 0.573 e. The molecule has 4 nitrogen and oxygen atoms in total. The van der Waals surface area contributed by atoms with Crippen LogP contribution >= 0.6 is 0 Å². The van der Waals surface area contributed by atoms with Crippen molar-refractivity contribution in [2.24, 2.45) is 11.1 Å². The summed E-state index contributed by atoms with van der Waals surface area (Å²) in [6.45, 7) is 1.01. The Hall–Kier alpha value is -1.76. The summed E-state index contributed by atoms with van der Waals surface area (Å²) in [6, 6.07) is 4.80. The molecule has 1 aliphatic carbocycles. The van der Waals surface area contributed by atoms with Gasteiger partial charge >= 0.3 is 6.36 Å². The number of carbonyl (C=O) groups excluding carboxylic acids is 1. The molecule has 0 spiro atoms. The lowest BCUT2D eigenvalue weighted by Gasteiger charge is -2.13. The Balaban J connectivity index is 1.90. The first-order chi connectivity index (χ1) is 9.34. The fourth-order valence-electron chi connectivity index (χ4n) is 1.81. The van der Waals surface area contributed by atoms with Crippen LogP contribution < -0.4 is 15.8 Å². The Labute approximate surface area is 114 Å². The van der Waals surface area contributed by atoms with Gasteiger partial charge in [0, 0.05) is 17.5 Å². The molecule has 110 valence electrons. The van der Waals surface area contributed by atoms with E-state index in [-0.39, 0.29) is 22.6 Å². The van der Waals surface area contributed by atoms with Gasteiger partial charge in [-0.2, -0.15) is 0 Å². The lowest BCUT2D eigenvalue weighted by atomic mass is 10.1. The molecule has 0 saturated heterocycles. The Kier molecular flexibility index (Phi) is 3.89. The maximum absolute atomic E-state index is 12.0. The van der Waals surface area contributed by atoms with Gasteiger partial charge in [-0.05, 0) is 43.7 Å². The molecular weight excluding hydrogens is 273 g/mol. The Bertz CT molecular complexity index is 481. The second-order valence-electron chi connectivity index (χ2n) is 4.96. The number of amides is 1. The molecular formula is C13H15F3N2O2. The molecule has 1 saturated carbocycles. The highest BCUT2D eigenvalue weighted by molar-refractivity contribution is 5.94. The van der Waals surface area contributed by atoms with Crippen molar-refractivity contribution in [2.75, 3.05) is 13.1 Å². The predicted octanol–water partition coefficient (Wildman–Crippen LogP) is 2.05. The van der Waals surface area contributed by atoms with Crippen molar-refractivity contribution in [1.29, 1.82) is 0 Å². The van der Waals surface area contributed by atoms with E-state index in [0.29, 0.717) is 13.1 Å². The van der Waals surface area contributed by atoms with Crippen molar-refractivity contribution in [3.63, 3.8) is 0 Å². The standard InChI is InChI=1S/C13H15F3N2O2/c14-13(15,16)20-10-3-1-9(2-4-10)11(19)18-8-12(7-17)5-6-12/h1-4H,5-8,17H2,(H,18,19). The number of hydrogen-bond acceptors (Lipinski definition) is 3. The third-order valence-corrected chi connectivity index (χ3v) is 3.36. The van der Waals surface area contributed by atoms with Crippen molar-refractivity contribution in [2.45, 2.75) is 19.2 Å². The van der Waals surface area contributed by atoms with Crippen LogP contribution in [0.5, 0.6) is 5.75 Å². The van der Waals surface area contributed by atoms with E-state index < -0.39 is 6.36 Å². The van der Waals surface area contributed by atoms with Crippen molar-refractivity contribution in [1.82, 2.24) is 5.32 Å². The van der Waals surface area contributed by atoms with Crippen molar-refractivity contribution >= 4 is 5.91 Å². The zero-order valence-corrected chi connectivity index (χ0v) is 10.7. The monoisotopic (exact) mass is 288 g/mol. The number of nitrogens with one attached hydrogen (secondary N) is 1. The third kappa shape index (κ3) is 3.86. The van der Waals surface area contributed by atoms with Crippen LogP contribution in [0.2, 0.25) is 0 Å². The molecule has 1 amide bonds. The average Bonchev–Trinajstić information content (AvgIpc) is 3.16. The van der Waals surface area contributed by atoms with E-state index in [9.17, 15) is 18.0 Å². The molecule has 0 aromatic heterocycles. The Morgan fingerprint density at radius 3 is 2.35 bits per heavy atom. The van der Waals surface area contributed by atoms with Crippen LogP contribution in [-0.4, -0.2) is 25.4 Å². The molecule has 1 aromatic rings. The number of ether oxygens (including phenoxy) is 1. The van der Waals surface area contributed by atoms with Gasteiger partial charge < -0.3 is 15.8 Å². The quantitative estimate of drug-likeness (QED) is 0.871. The Morgan fingerprint density at radius 1 is 1.30 bits per heavy atom. The molecule has 1 aromatic carbocycles. The summed E-state index contributed by atoms with van der Waals surface area (Å²) in [5.41, 5.74) is 5.89. The van der Waals surface area contributed by atoms with E-state index in [2.05, 4.69) is 10.1 Å². The first-order valence-electron chi connectivity index (χ1n) is 6.18. The minimum Gasteiger partial charge on any atom is -0.406 e. The van der Waals surface area contributed by atoms with E-state index in [1.54, 1.807) is 0 Å². The molecule has 7 heteroatoms. The Morgan fingerprint density at radius 2 is 1.90 bits per heavy atom. The van der Waals surface area contributed by atoms with Crippen molar-refractivity contribution in [3.05, 3.63) is 29.8 Å². The average molecular weight is 288 g/mol. The molecule has 3 N–H and O–H groups in total. The third-order valence-electron chi connectivity index (χ3n) is 3.36. The summed E-state index contributed by atoms with van der Waals surface area (Å²) < 4.78 is 39.7. The minimum absolute atomic E-state index is 0.00892. The van der Waals surface area contributed by atoms with E-state index in [4.69, 9.17) is 5.73 Å². The maximum Gasteiger partial charge on any atom is 0.573 e. The van der Waals surface area contributed by atoms with Crippen LogP contribution in [0.25, 0.3) is 0 Å². The summed E-state index contributed by atoms with van der Waals surface area (Å²) in [7, 11) is 0. The molecule has 0 unspecified atom stereocenters. The number of nitrogens with two attached hydrogens (primary N) is 1. The van der Waals surface area contributed by atoms with Crippen LogP contribution in [0.1, 0.15) is 23.2 Å². The van der Waals surface area contributed by atoms with E-state index >= 15 is 0 Å².